The van der Waals surface area contributed by atoms with E-state index in [1.165, 1.54) is 0 Å². The van der Waals surface area contributed by atoms with Gasteiger partial charge in [-0.2, -0.15) is 5.26 Å². The molecule has 5 rings (SSSR count). The quantitative estimate of drug-likeness (QED) is 0.555. The first-order chi connectivity index (χ1) is 17.1. The highest BCUT2D eigenvalue weighted by atomic mass is 16.5. The van der Waals surface area contributed by atoms with Crippen molar-refractivity contribution in [2.24, 2.45) is 10.7 Å². The third kappa shape index (κ3) is 5.27. The molecule has 0 amide bonds. The van der Waals surface area contributed by atoms with Gasteiger partial charge in [-0.1, -0.05) is 23.4 Å². The van der Waals surface area contributed by atoms with Gasteiger partial charge in [0.25, 0.3) is 0 Å². The highest BCUT2D eigenvalue weighted by molar-refractivity contribution is 6.12. The largest absolute Gasteiger partial charge is 0.379 e. The fourth-order valence-corrected chi connectivity index (χ4v) is 4.01. The second-order valence-electron chi connectivity index (χ2n) is 8.48. The van der Waals surface area contributed by atoms with Crippen molar-refractivity contribution in [2.75, 3.05) is 20.3 Å². The topological polar surface area (TPSA) is 127 Å². The van der Waals surface area contributed by atoms with Gasteiger partial charge in [0, 0.05) is 19.2 Å². The Morgan fingerprint density at radius 1 is 1.23 bits per heavy atom. The van der Waals surface area contributed by atoms with Gasteiger partial charge in [-0.25, -0.2) is 9.67 Å². The summed E-state index contributed by atoms with van der Waals surface area (Å²) in [6.07, 6.45) is 4.26. The van der Waals surface area contributed by atoms with E-state index >= 15 is 0 Å². The van der Waals surface area contributed by atoms with Gasteiger partial charge in [0.1, 0.15) is 5.69 Å². The number of rotatable bonds is 7. The number of nitriles is 1. The molecule has 1 saturated heterocycles. The minimum Gasteiger partial charge on any atom is -0.379 e. The maximum atomic E-state index is 9.23. The Kier molecular flexibility index (Phi) is 6.63. The van der Waals surface area contributed by atoms with Gasteiger partial charge in [-0.3, -0.25) is 10.7 Å². The van der Waals surface area contributed by atoms with Crippen LogP contribution in [0.2, 0.25) is 0 Å². The van der Waals surface area contributed by atoms with E-state index in [1.807, 2.05) is 54.6 Å². The number of allylic oxidation sites excluding steroid dienone is 1. The molecule has 0 aliphatic carbocycles. The Bertz CT molecular complexity index is 1300. The lowest BCUT2D eigenvalue weighted by Gasteiger charge is -2.29. The molecular weight excluding hydrogens is 444 g/mol. The predicted octanol–water partition coefficient (Wildman–Crippen LogP) is 1.92. The highest BCUT2D eigenvalue weighted by Crippen LogP contribution is 2.23. The highest BCUT2D eigenvalue weighted by Gasteiger charge is 2.23. The van der Waals surface area contributed by atoms with Crippen LogP contribution in [0.25, 0.3) is 5.70 Å². The molecule has 10 heteroatoms. The molecule has 0 radical (unpaired) electrons. The molecule has 35 heavy (non-hydrogen) atoms. The summed E-state index contributed by atoms with van der Waals surface area (Å²) in [5, 5.41) is 17.9. The fourth-order valence-electron chi connectivity index (χ4n) is 4.01. The Labute approximate surface area is 203 Å². The van der Waals surface area contributed by atoms with Crippen LogP contribution >= 0.6 is 0 Å². The van der Waals surface area contributed by atoms with E-state index in [4.69, 9.17) is 20.2 Å². The zero-order chi connectivity index (χ0) is 24.2. The molecule has 2 aromatic heterocycles. The zero-order valence-electron chi connectivity index (χ0n) is 19.4. The van der Waals surface area contributed by atoms with E-state index in [0.717, 1.165) is 35.7 Å². The molecule has 4 heterocycles. The van der Waals surface area contributed by atoms with Gasteiger partial charge < -0.3 is 14.4 Å². The van der Waals surface area contributed by atoms with Crippen LogP contribution in [0.3, 0.4) is 0 Å². The number of hydrogen-bond acceptors (Lipinski definition) is 9. The normalized spacial score (nSPS) is 19.9. The van der Waals surface area contributed by atoms with E-state index in [0.29, 0.717) is 36.7 Å². The number of pyridine rings is 1. The van der Waals surface area contributed by atoms with Crippen LogP contribution in [-0.4, -0.2) is 63.2 Å². The third-order valence-electron chi connectivity index (χ3n) is 5.95. The van der Waals surface area contributed by atoms with Crippen molar-refractivity contribution in [1.29, 1.82) is 5.26 Å². The minimum absolute atomic E-state index is 0.140. The van der Waals surface area contributed by atoms with Crippen molar-refractivity contribution in [3.8, 4) is 6.07 Å². The zero-order valence-corrected chi connectivity index (χ0v) is 19.4. The van der Waals surface area contributed by atoms with Crippen molar-refractivity contribution in [2.45, 2.75) is 32.0 Å². The second-order valence-corrected chi connectivity index (χ2v) is 8.48. The Hall–Kier alpha value is -3.91. The van der Waals surface area contributed by atoms with Gasteiger partial charge >= 0.3 is 0 Å². The summed E-state index contributed by atoms with van der Waals surface area (Å²) in [6.45, 7) is 2.32. The summed E-state index contributed by atoms with van der Waals surface area (Å²) in [7, 11) is 1.86. The van der Waals surface area contributed by atoms with Crippen molar-refractivity contribution >= 4 is 11.4 Å². The molecular formula is C25H26N8O2. The van der Waals surface area contributed by atoms with Crippen LogP contribution in [0.4, 0.5) is 0 Å². The Morgan fingerprint density at radius 2 is 2.09 bits per heavy atom. The molecule has 2 N–H and O–H groups in total. The lowest BCUT2D eigenvalue weighted by atomic mass is 10.0. The number of aromatic nitrogens is 4. The number of nitrogens with two attached hydrogens (primary N) is 1. The van der Waals surface area contributed by atoms with Crippen LogP contribution in [0.5, 0.6) is 0 Å². The molecule has 10 nitrogen and oxygen atoms in total. The van der Waals surface area contributed by atoms with E-state index < -0.39 is 6.29 Å². The van der Waals surface area contributed by atoms with Gasteiger partial charge in [0.15, 0.2) is 6.29 Å². The third-order valence-corrected chi connectivity index (χ3v) is 5.95. The molecule has 178 valence electrons. The lowest BCUT2D eigenvalue weighted by molar-refractivity contribution is 0.0301. The number of aliphatic imine (C=N–C) groups is 1. The van der Waals surface area contributed by atoms with E-state index in [2.05, 4.69) is 21.4 Å². The van der Waals surface area contributed by atoms with Gasteiger partial charge in [-0.15, -0.1) is 5.10 Å². The minimum atomic E-state index is -0.579. The van der Waals surface area contributed by atoms with Gasteiger partial charge in [-0.05, 0) is 36.8 Å². The van der Waals surface area contributed by atoms with Crippen LogP contribution in [0, 0.1) is 11.3 Å². The summed E-state index contributed by atoms with van der Waals surface area (Å²) in [6, 6.07) is 15.3. The monoisotopic (exact) mass is 470 g/mol. The van der Waals surface area contributed by atoms with Crippen molar-refractivity contribution in [1.82, 2.24) is 24.9 Å². The number of hydrogen-bond donors (Lipinski definition) is 1. The first-order valence-corrected chi connectivity index (χ1v) is 11.4. The van der Waals surface area contributed by atoms with Crippen LogP contribution in [0.15, 0.2) is 59.7 Å². The predicted molar refractivity (Wildman–Crippen MR) is 129 cm³/mol. The summed E-state index contributed by atoms with van der Waals surface area (Å²) in [5.74, 6) is 0. The Balaban J connectivity index is 1.32. The summed E-state index contributed by atoms with van der Waals surface area (Å²) >= 11 is 0. The molecule has 1 fully saturated rings. The summed E-state index contributed by atoms with van der Waals surface area (Å²) in [5.41, 5.74) is 11.6. The first-order valence-electron chi connectivity index (χ1n) is 11.4. The summed E-state index contributed by atoms with van der Waals surface area (Å²) < 4.78 is 13.0. The first kappa shape index (κ1) is 22.9. The van der Waals surface area contributed by atoms with Gasteiger partial charge in [0.2, 0.25) is 0 Å². The number of benzene rings is 1. The maximum Gasteiger partial charge on any atom is 0.174 e. The van der Waals surface area contributed by atoms with Gasteiger partial charge in [0.05, 0.1) is 66.5 Å². The molecule has 2 aliphatic heterocycles. The van der Waals surface area contributed by atoms with Crippen LogP contribution < -0.4 is 5.73 Å². The fraction of sp³-hybridized carbons (Fsp3) is 0.320. The average molecular weight is 471 g/mol. The Morgan fingerprint density at radius 3 is 2.91 bits per heavy atom. The van der Waals surface area contributed by atoms with Crippen LogP contribution in [0.1, 0.15) is 34.6 Å². The average Bonchev–Trinajstić information content (AvgIpc) is 3.57. The standard InChI is InChI=1S/C25H26N8O2/c1-32-24(11-22(29-25(32)27)18-5-2-4-17(10-18)12-26)23-14-33(31-30-23)13-19-6-3-7-20(28-19)15-35-21-8-9-34-16-21/h2-7,10-11,14,21,25H,8-9,13,15-16,27H2,1H3/t21-,25?/m0/s1. The molecule has 3 aromatic rings. The maximum absolute atomic E-state index is 9.23. The second kappa shape index (κ2) is 10.1. The molecule has 1 aromatic carbocycles. The van der Waals surface area contributed by atoms with Crippen LogP contribution in [-0.2, 0) is 22.6 Å². The van der Waals surface area contributed by atoms with Crippen molar-refractivity contribution < 1.29 is 9.47 Å². The number of nitrogens with zero attached hydrogens (tertiary/aromatic N) is 7. The molecule has 0 bridgehead atoms. The van der Waals surface area contributed by atoms with E-state index in [9.17, 15) is 5.26 Å². The number of ether oxygens (including phenoxy) is 2. The molecule has 2 atom stereocenters. The molecule has 1 unspecified atom stereocenters. The van der Waals surface area contributed by atoms with E-state index in [1.54, 1.807) is 16.8 Å². The smallest absolute Gasteiger partial charge is 0.174 e. The molecule has 2 aliphatic rings. The SMILES string of the molecule is CN1C(c2cn(Cc3cccc(CO[C@H]4CCOC4)n3)nn2)=CC(c2cccc(C#N)c2)=NC1N. The van der Waals surface area contributed by atoms with E-state index in [-0.39, 0.29) is 6.10 Å². The molecule has 0 saturated carbocycles. The molecule has 0 spiro atoms. The lowest BCUT2D eigenvalue weighted by Crippen LogP contribution is -2.39. The summed E-state index contributed by atoms with van der Waals surface area (Å²) in [4.78, 5) is 11.1. The van der Waals surface area contributed by atoms with Crippen molar-refractivity contribution in [3.63, 3.8) is 0 Å². The van der Waals surface area contributed by atoms with Crippen molar-refractivity contribution in [3.05, 3.63) is 82.9 Å².